The number of aromatic nitrogens is 3. The number of aryl methyl sites for hydroxylation is 2. The molecule has 7 nitrogen and oxygen atoms in total. The number of hydrogen-bond acceptors (Lipinski definition) is 6. The van der Waals surface area contributed by atoms with E-state index in [1.165, 1.54) is 4.90 Å². The number of carbonyl (C=O) groups excluding carboxylic acids is 2. The first-order chi connectivity index (χ1) is 13.5. The maximum Gasteiger partial charge on any atom is 0.307 e. The van der Waals surface area contributed by atoms with Crippen LogP contribution in [0, 0.1) is 6.92 Å². The van der Waals surface area contributed by atoms with Crippen molar-refractivity contribution in [1.29, 1.82) is 0 Å². The highest BCUT2D eigenvalue weighted by Crippen LogP contribution is 2.29. The van der Waals surface area contributed by atoms with Gasteiger partial charge in [0.15, 0.2) is 0 Å². The Morgan fingerprint density at radius 2 is 2.04 bits per heavy atom. The van der Waals surface area contributed by atoms with E-state index in [0.29, 0.717) is 41.9 Å². The molecule has 2 aromatic heterocycles. The molecule has 1 aliphatic rings. The number of oxazole rings is 1. The highest BCUT2D eigenvalue weighted by Gasteiger charge is 2.29. The summed E-state index contributed by atoms with van der Waals surface area (Å²) in [6.45, 7) is 2.24. The van der Waals surface area contributed by atoms with Gasteiger partial charge in [0.2, 0.25) is 5.91 Å². The van der Waals surface area contributed by atoms with Gasteiger partial charge in [0.1, 0.15) is 17.3 Å². The number of amides is 2. The third kappa shape index (κ3) is 3.70. The largest absolute Gasteiger partial charge is 0.427 e. The minimum Gasteiger partial charge on any atom is -0.427 e. The second kappa shape index (κ2) is 7.81. The summed E-state index contributed by atoms with van der Waals surface area (Å²) >= 11 is 7.05. The van der Waals surface area contributed by atoms with Gasteiger partial charge < -0.3 is 4.42 Å². The highest BCUT2D eigenvalue weighted by atomic mass is 35.5. The maximum absolute atomic E-state index is 11.8. The molecule has 0 spiro atoms. The van der Waals surface area contributed by atoms with Gasteiger partial charge in [-0.15, -0.1) is 0 Å². The Kier molecular flexibility index (Phi) is 5.23. The smallest absolute Gasteiger partial charge is 0.307 e. The molecule has 0 N–H and O–H groups in total. The normalized spacial score (nSPS) is 14.3. The van der Waals surface area contributed by atoms with Crippen LogP contribution >= 0.6 is 23.4 Å². The summed E-state index contributed by atoms with van der Waals surface area (Å²) in [5, 5.41) is 0.457. The van der Waals surface area contributed by atoms with Crippen LogP contribution in [0.4, 0.5) is 4.79 Å². The minimum absolute atomic E-state index is 0.139. The van der Waals surface area contributed by atoms with Gasteiger partial charge >= 0.3 is 6.01 Å². The van der Waals surface area contributed by atoms with E-state index in [0.717, 1.165) is 23.1 Å². The van der Waals surface area contributed by atoms with Crippen LogP contribution in [0.5, 0.6) is 0 Å². The molecular formula is C19H17ClN4O3S. The van der Waals surface area contributed by atoms with E-state index in [1.807, 2.05) is 19.1 Å². The van der Waals surface area contributed by atoms with Gasteiger partial charge in [0, 0.05) is 35.9 Å². The van der Waals surface area contributed by atoms with E-state index in [9.17, 15) is 9.59 Å². The summed E-state index contributed by atoms with van der Waals surface area (Å²) in [4.78, 5) is 33.7. The van der Waals surface area contributed by atoms with Crippen LogP contribution in [0.15, 0.2) is 41.1 Å². The van der Waals surface area contributed by atoms with Crippen LogP contribution < -0.4 is 0 Å². The van der Waals surface area contributed by atoms with Crippen molar-refractivity contribution in [1.82, 2.24) is 19.4 Å². The first-order valence-corrected chi connectivity index (χ1v) is 10.1. The molecule has 1 saturated heterocycles. The van der Waals surface area contributed by atoms with Gasteiger partial charge in [0.25, 0.3) is 5.24 Å². The number of imide groups is 1. The molecule has 2 amide bonds. The van der Waals surface area contributed by atoms with Crippen LogP contribution in [-0.4, -0.2) is 42.9 Å². The van der Waals surface area contributed by atoms with E-state index in [1.54, 1.807) is 29.1 Å². The molecule has 0 atom stereocenters. The molecule has 0 unspecified atom stereocenters. The van der Waals surface area contributed by atoms with Crippen LogP contribution in [0.2, 0.25) is 5.02 Å². The lowest BCUT2D eigenvalue weighted by atomic mass is 10.1. The van der Waals surface area contributed by atoms with Crippen LogP contribution in [-0.2, 0) is 11.2 Å². The molecule has 1 fully saturated rings. The fraction of sp³-hybridized carbons (Fsp3) is 0.263. The molecule has 0 bridgehead atoms. The van der Waals surface area contributed by atoms with Crippen molar-refractivity contribution in [3.63, 3.8) is 0 Å². The molecule has 144 valence electrons. The van der Waals surface area contributed by atoms with Gasteiger partial charge in [0.05, 0.1) is 5.75 Å². The first kappa shape index (κ1) is 18.8. The van der Waals surface area contributed by atoms with Gasteiger partial charge in [-0.05, 0) is 25.5 Å². The summed E-state index contributed by atoms with van der Waals surface area (Å²) in [6, 6.07) is 7.81. The van der Waals surface area contributed by atoms with Crippen molar-refractivity contribution in [2.45, 2.75) is 19.8 Å². The minimum atomic E-state index is -0.185. The van der Waals surface area contributed by atoms with E-state index in [2.05, 4.69) is 9.97 Å². The van der Waals surface area contributed by atoms with Gasteiger partial charge in [-0.2, -0.15) is 4.98 Å². The molecule has 28 heavy (non-hydrogen) atoms. The lowest BCUT2D eigenvalue weighted by Crippen LogP contribution is -2.29. The molecule has 0 aliphatic carbocycles. The van der Waals surface area contributed by atoms with Crippen LogP contribution in [0.3, 0.4) is 0 Å². The average Bonchev–Trinajstić information content (AvgIpc) is 3.37. The summed E-state index contributed by atoms with van der Waals surface area (Å²) in [5.74, 6) is 1.54. The number of rotatable bonds is 6. The Morgan fingerprint density at radius 3 is 2.68 bits per heavy atom. The Morgan fingerprint density at radius 1 is 1.25 bits per heavy atom. The standard InChI is InChI=1S/C19H17ClN4O3S/c1-12-21-8-10-23(12)18-22-17(13-4-6-14(20)7-5-13)15(27-18)3-2-9-24-16(25)11-28-19(24)26/h4-8,10H,2-3,9,11H2,1H3. The zero-order valence-electron chi connectivity index (χ0n) is 15.1. The molecule has 3 aromatic rings. The maximum atomic E-state index is 11.8. The van der Waals surface area contributed by atoms with Crippen molar-refractivity contribution in [2.75, 3.05) is 12.3 Å². The summed E-state index contributed by atoms with van der Waals surface area (Å²) in [6.07, 6.45) is 4.61. The lowest BCUT2D eigenvalue weighted by molar-refractivity contribution is -0.124. The summed E-state index contributed by atoms with van der Waals surface area (Å²) in [7, 11) is 0. The fourth-order valence-electron chi connectivity index (χ4n) is 3.02. The highest BCUT2D eigenvalue weighted by molar-refractivity contribution is 8.14. The van der Waals surface area contributed by atoms with Crippen molar-refractivity contribution in [2.24, 2.45) is 0 Å². The molecule has 0 saturated carbocycles. The number of thioether (sulfide) groups is 1. The van der Waals surface area contributed by atoms with Crippen molar-refractivity contribution >= 4 is 34.5 Å². The topological polar surface area (TPSA) is 81.2 Å². The first-order valence-electron chi connectivity index (χ1n) is 8.76. The Labute approximate surface area is 170 Å². The molecular weight excluding hydrogens is 400 g/mol. The fourth-order valence-corrected chi connectivity index (χ4v) is 3.90. The monoisotopic (exact) mass is 416 g/mol. The Hall–Kier alpha value is -2.58. The molecule has 4 rings (SSSR count). The van der Waals surface area contributed by atoms with Crippen molar-refractivity contribution in [3.8, 4) is 17.3 Å². The summed E-state index contributed by atoms with van der Waals surface area (Å²) < 4.78 is 7.80. The molecule has 9 heteroatoms. The third-order valence-corrected chi connectivity index (χ3v) is 5.57. The van der Waals surface area contributed by atoms with Crippen molar-refractivity contribution in [3.05, 3.63) is 53.3 Å². The van der Waals surface area contributed by atoms with E-state index < -0.39 is 0 Å². The molecule has 0 radical (unpaired) electrons. The van der Waals surface area contributed by atoms with E-state index in [4.69, 9.17) is 16.0 Å². The Bertz CT molecular complexity index is 1010. The van der Waals surface area contributed by atoms with Crippen LogP contribution in [0.1, 0.15) is 18.0 Å². The predicted octanol–water partition coefficient (Wildman–Crippen LogP) is 4.12. The predicted molar refractivity (Wildman–Crippen MR) is 107 cm³/mol. The number of carbonyl (C=O) groups is 2. The zero-order valence-corrected chi connectivity index (χ0v) is 16.7. The number of hydrogen-bond donors (Lipinski definition) is 0. The lowest BCUT2D eigenvalue weighted by Gasteiger charge is -2.11. The van der Waals surface area contributed by atoms with Gasteiger partial charge in [-0.1, -0.05) is 35.5 Å². The number of nitrogens with zero attached hydrogens (tertiary/aromatic N) is 4. The summed E-state index contributed by atoms with van der Waals surface area (Å²) in [5.41, 5.74) is 1.60. The van der Waals surface area contributed by atoms with Gasteiger partial charge in [-0.25, -0.2) is 4.98 Å². The number of benzene rings is 1. The quantitative estimate of drug-likeness (QED) is 0.601. The van der Waals surface area contributed by atoms with Gasteiger partial charge in [-0.3, -0.25) is 19.1 Å². The number of halogens is 1. The second-order valence-corrected chi connectivity index (χ2v) is 7.69. The van der Waals surface area contributed by atoms with E-state index >= 15 is 0 Å². The molecule has 1 aliphatic heterocycles. The second-order valence-electron chi connectivity index (χ2n) is 6.32. The van der Waals surface area contributed by atoms with Crippen molar-refractivity contribution < 1.29 is 14.0 Å². The molecule has 1 aromatic carbocycles. The number of imidazole rings is 1. The zero-order chi connectivity index (χ0) is 19.7. The SMILES string of the molecule is Cc1nccn1-c1nc(-c2ccc(Cl)cc2)c(CCCN2C(=O)CSC2=O)o1. The average molecular weight is 417 g/mol. The van der Waals surface area contributed by atoms with E-state index in [-0.39, 0.29) is 16.9 Å². The van der Waals surface area contributed by atoms with Crippen LogP contribution in [0.25, 0.3) is 17.3 Å². The molecule has 3 heterocycles. The third-order valence-electron chi connectivity index (χ3n) is 4.46. The Balaban J connectivity index is 1.60.